The Bertz CT molecular complexity index is 1550. The minimum absolute atomic E-state index is 0.0115. The van der Waals surface area contributed by atoms with Crippen molar-refractivity contribution in [2.24, 2.45) is 0 Å². The molecule has 0 spiro atoms. The van der Waals surface area contributed by atoms with Gasteiger partial charge in [-0.15, -0.1) is 0 Å². The van der Waals surface area contributed by atoms with Crippen LogP contribution in [0.5, 0.6) is 5.75 Å². The second kappa shape index (κ2) is 14.1. The monoisotopic (exact) mass is 620 g/mol. The number of carbonyl (C=O) groups is 2. The third-order valence-electron chi connectivity index (χ3n) is 6.41. The number of hydrogen-bond donors (Lipinski definition) is 3. The quantitative estimate of drug-likeness (QED) is 0.254. The van der Waals surface area contributed by atoms with Crippen LogP contribution in [0.15, 0.2) is 53.6 Å². The molecule has 43 heavy (non-hydrogen) atoms. The molecule has 0 aliphatic heterocycles. The first-order chi connectivity index (χ1) is 20.3. The first-order valence-electron chi connectivity index (χ1n) is 13.3. The molecule has 3 rings (SSSR count). The van der Waals surface area contributed by atoms with Crippen molar-refractivity contribution in [1.82, 2.24) is 14.9 Å². The van der Waals surface area contributed by atoms with Gasteiger partial charge in [0.2, 0.25) is 15.8 Å². The van der Waals surface area contributed by atoms with Gasteiger partial charge in [0.15, 0.2) is 17.5 Å². The smallest absolute Gasteiger partial charge is 0.414 e. The molecule has 12 nitrogen and oxygen atoms in total. The molecule has 0 aliphatic rings. The molecule has 3 N–H and O–H groups in total. The number of carboxylic acids is 1. The molecule has 2 aromatic carbocycles. The van der Waals surface area contributed by atoms with Crippen molar-refractivity contribution in [1.29, 1.82) is 0 Å². The van der Waals surface area contributed by atoms with Crippen molar-refractivity contribution in [3.05, 3.63) is 65.9 Å². The van der Waals surface area contributed by atoms with Gasteiger partial charge < -0.3 is 30.3 Å². The number of anilines is 3. The van der Waals surface area contributed by atoms with Gasteiger partial charge in [-0.25, -0.2) is 31.8 Å². The van der Waals surface area contributed by atoms with Crippen molar-refractivity contribution < 1.29 is 36.6 Å². The highest BCUT2D eigenvalue weighted by Crippen LogP contribution is 2.28. The van der Waals surface area contributed by atoms with Crippen LogP contribution in [0.25, 0.3) is 0 Å². The van der Waals surface area contributed by atoms with Crippen LogP contribution >= 0.6 is 0 Å². The molecule has 232 valence electrons. The standard InChI is InChI=1S/C28H34F2N6O6S/c1-6-36(7-2)27-31-16-22(32-17(3)43(40,41)23-10-8-9-20(29)24(23)30)25(34-27)33-21(26(37)38)15-18-11-13-19(14-12-18)42-28(39)35(4)5/h8-14,16-17,21,32H,6-7,15H2,1-5H3,(H,37,38)(H,31,33,34). The van der Waals surface area contributed by atoms with E-state index in [-0.39, 0.29) is 29.6 Å². The molecule has 2 atom stereocenters. The number of sulfone groups is 1. The Hall–Kier alpha value is -4.53. The summed E-state index contributed by atoms with van der Waals surface area (Å²) in [6.07, 6.45) is 0.704. The van der Waals surface area contributed by atoms with E-state index in [1.807, 2.05) is 13.8 Å². The summed E-state index contributed by atoms with van der Waals surface area (Å²) in [5.74, 6) is -3.51. The van der Waals surface area contributed by atoms with Gasteiger partial charge in [0, 0.05) is 33.6 Å². The molecule has 0 saturated carbocycles. The van der Waals surface area contributed by atoms with E-state index >= 15 is 0 Å². The molecule has 1 aromatic heterocycles. The SMILES string of the molecule is CCN(CC)c1ncc(NC(C)S(=O)(=O)c2cccc(F)c2F)c(NC(Cc2ccc(OC(=O)N(C)C)cc2)C(=O)O)n1. The molecule has 0 saturated heterocycles. The summed E-state index contributed by atoms with van der Waals surface area (Å²) >= 11 is 0. The van der Waals surface area contributed by atoms with E-state index in [4.69, 9.17) is 4.74 Å². The van der Waals surface area contributed by atoms with Gasteiger partial charge in [-0.05, 0) is 50.6 Å². The second-order valence-electron chi connectivity index (χ2n) is 9.63. The van der Waals surface area contributed by atoms with E-state index < -0.39 is 49.8 Å². The number of aliphatic carboxylic acids is 1. The molecule has 0 aliphatic carbocycles. The van der Waals surface area contributed by atoms with E-state index in [9.17, 15) is 31.9 Å². The number of hydrogen-bond acceptors (Lipinski definition) is 10. The molecule has 0 fully saturated rings. The summed E-state index contributed by atoms with van der Waals surface area (Å²) in [6.45, 7) is 6.09. The lowest BCUT2D eigenvalue weighted by molar-refractivity contribution is -0.137. The number of nitrogens with zero attached hydrogens (tertiary/aromatic N) is 4. The summed E-state index contributed by atoms with van der Waals surface area (Å²) in [7, 11) is -1.35. The predicted molar refractivity (Wildman–Crippen MR) is 157 cm³/mol. The Kier molecular flexibility index (Phi) is 10.8. The number of benzene rings is 2. The van der Waals surface area contributed by atoms with E-state index in [0.29, 0.717) is 18.7 Å². The van der Waals surface area contributed by atoms with Crippen molar-refractivity contribution in [3.63, 3.8) is 0 Å². The fourth-order valence-corrected chi connectivity index (χ4v) is 5.20. The van der Waals surface area contributed by atoms with Crippen LogP contribution in [0.4, 0.5) is 31.0 Å². The molecule has 0 radical (unpaired) electrons. The predicted octanol–water partition coefficient (Wildman–Crippen LogP) is 4.00. The van der Waals surface area contributed by atoms with E-state index in [2.05, 4.69) is 20.6 Å². The van der Waals surface area contributed by atoms with Gasteiger partial charge in [-0.1, -0.05) is 18.2 Å². The highest BCUT2D eigenvalue weighted by atomic mass is 32.2. The average molecular weight is 621 g/mol. The van der Waals surface area contributed by atoms with Crippen LogP contribution in [-0.4, -0.2) is 79.1 Å². The lowest BCUT2D eigenvalue weighted by Gasteiger charge is -2.24. The maximum Gasteiger partial charge on any atom is 0.414 e. The number of rotatable bonds is 13. The van der Waals surface area contributed by atoms with Crippen LogP contribution < -0.4 is 20.3 Å². The van der Waals surface area contributed by atoms with E-state index in [1.165, 1.54) is 44.2 Å². The van der Waals surface area contributed by atoms with Crippen molar-refractivity contribution in [3.8, 4) is 5.75 Å². The van der Waals surface area contributed by atoms with Crippen LogP contribution in [-0.2, 0) is 21.1 Å². The summed E-state index contributed by atoms with van der Waals surface area (Å²) in [6, 6.07) is 7.90. The Morgan fingerprint density at radius 1 is 1.05 bits per heavy atom. The fourth-order valence-electron chi connectivity index (χ4n) is 3.92. The van der Waals surface area contributed by atoms with Gasteiger partial charge in [-0.3, -0.25) is 0 Å². The number of amides is 1. The lowest BCUT2D eigenvalue weighted by atomic mass is 10.1. The highest BCUT2D eigenvalue weighted by Gasteiger charge is 2.30. The maximum atomic E-state index is 14.4. The highest BCUT2D eigenvalue weighted by molar-refractivity contribution is 7.92. The van der Waals surface area contributed by atoms with Crippen LogP contribution in [0, 0.1) is 11.6 Å². The zero-order chi connectivity index (χ0) is 31.9. The maximum absolute atomic E-state index is 14.4. The number of aromatic nitrogens is 2. The first kappa shape index (κ1) is 33.0. The molecule has 0 bridgehead atoms. The van der Waals surface area contributed by atoms with Gasteiger partial charge in [0.25, 0.3) is 0 Å². The van der Waals surface area contributed by atoms with Crippen molar-refractivity contribution >= 4 is 39.4 Å². The number of nitrogens with one attached hydrogen (secondary N) is 2. The Morgan fingerprint density at radius 2 is 1.70 bits per heavy atom. The second-order valence-corrected chi connectivity index (χ2v) is 11.9. The zero-order valence-electron chi connectivity index (χ0n) is 24.3. The molecule has 1 heterocycles. The third-order valence-corrected chi connectivity index (χ3v) is 8.39. The fraction of sp³-hybridized carbons (Fsp3) is 0.357. The van der Waals surface area contributed by atoms with Gasteiger partial charge in [0.05, 0.1) is 11.9 Å². The topological polar surface area (TPSA) is 154 Å². The van der Waals surface area contributed by atoms with Crippen LogP contribution in [0.3, 0.4) is 0 Å². The normalized spacial score (nSPS) is 12.6. The largest absolute Gasteiger partial charge is 0.480 e. The number of carboxylic acid groups (broad SMARTS) is 1. The van der Waals surface area contributed by atoms with Crippen molar-refractivity contribution in [2.75, 3.05) is 42.7 Å². The van der Waals surface area contributed by atoms with Gasteiger partial charge in [0.1, 0.15) is 22.1 Å². The molecule has 2 unspecified atom stereocenters. The Balaban J connectivity index is 1.93. The van der Waals surface area contributed by atoms with E-state index in [0.717, 1.165) is 18.2 Å². The first-order valence-corrected chi connectivity index (χ1v) is 14.9. The molecular formula is C28H34F2N6O6S. The molecule has 1 amide bonds. The van der Waals surface area contributed by atoms with Crippen molar-refractivity contribution in [2.45, 2.75) is 43.5 Å². The minimum atomic E-state index is -4.43. The summed E-state index contributed by atoms with van der Waals surface area (Å²) in [5.41, 5.74) is 0.621. The van der Waals surface area contributed by atoms with Crippen LogP contribution in [0.2, 0.25) is 0 Å². The van der Waals surface area contributed by atoms with E-state index in [1.54, 1.807) is 17.0 Å². The zero-order valence-corrected chi connectivity index (χ0v) is 25.2. The summed E-state index contributed by atoms with van der Waals surface area (Å²) < 4.78 is 59.6. The van der Waals surface area contributed by atoms with Gasteiger partial charge in [-0.2, -0.15) is 4.98 Å². The Morgan fingerprint density at radius 3 is 2.28 bits per heavy atom. The molecule has 3 aromatic rings. The summed E-state index contributed by atoms with van der Waals surface area (Å²) in [4.78, 5) is 35.1. The molecular weight excluding hydrogens is 586 g/mol. The summed E-state index contributed by atoms with van der Waals surface area (Å²) in [5, 5.41) is 14.1. The lowest BCUT2D eigenvalue weighted by Crippen LogP contribution is -2.34. The third kappa shape index (κ3) is 8.06. The average Bonchev–Trinajstić information content (AvgIpc) is 2.96. The number of ether oxygens (including phenoxy) is 1. The number of halogens is 2. The van der Waals surface area contributed by atoms with Crippen LogP contribution in [0.1, 0.15) is 26.3 Å². The number of carbonyl (C=O) groups excluding carboxylic acids is 1. The minimum Gasteiger partial charge on any atom is -0.480 e. The molecule has 15 heteroatoms. The van der Waals surface area contributed by atoms with Gasteiger partial charge >= 0.3 is 12.1 Å². The Labute approximate surface area is 248 Å².